The molecule has 0 fully saturated rings. The Kier molecular flexibility index (Phi) is 5.08. The Morgan fingerprint density at radius 2 is 2.09 bits per heavy atom. The van der Waals surface area contributed by atoms with Crippen LogP contribution in [0.25, 0.3) is 10.9 Å². The van der Waals surface area contributed by atoms with Crippen LogP contribution in [0.15, 0.2) is 24.4 Å². The molecule has 0 spiro atoms. The molecular formula is C16H19ClN2O3. The van der Waals surface area contributed by atoms with Gasteiger partial charge in [-0.25, -0.2) is 0 Å². The predicted octanol–water partition coefficient (Wildman–Crippen LogP) is 3.08. The second-order valence-electron chi connectivity index (χ2n) is 5.51. The Bertz CT molecular complexity index is 694. The molecule has 1 aromatic heterocycles. The van der Waals surface area contributed by atoms with Crippen LogP contribution in [0.2, 0.25) is 5.02 Å². The summed E-state index contributed by atoms with van der Waals surface area (Å²) >= 11 is 6.01. The highest BCUT2D eigenvalue weighted by Gasteiger charge is 2.19. The minimum atomic E-state index is -0.905. The Balaban J connectivity index is 2.17. The first-order valence-corrected chi connectivity index (χ1v) is 7.53. The van der Waals surface area contributed by atoms with Crippen molar-refractivity contribution >= 4 is 34.4 Å². The van der Waals surface area contributed by atoms with Gasteiger partial charge in [-0.15, -0.1) is 0 Å². The molecular weight excluding hydrogens is 304 g/mol. The number of carboxylic acids is 1. The summed E-state index contributed by atoms with van der Waals surface area (Å²) in [4.78, 5) is 27.9. The SMILES string of the molecule is CC(C)N(CCC(=O)O)C(=O)Cc1c[nH]c2ccc(Cl)cc12. The highest BCUT2D eigenvalue weighted by Crippen LogP contribution is 2.23. The molecule has 0 aliphatic carbocycles. The number of carboxylic acid groups (broad SMARTS) is 1. The van der Waals surface area contributed by atoms with Crippen LogP contribution in [0, 0.1) is 0 Å². The van der Waals surface area contributed by atoms with Crippen LogP contribution in [-0.4, -0.2) is 39.5 Å². The Morgan fingerprint density at radius 1 is 1.36 bits per heavy atom. The Morgan fingerprint density at radius 3 is 2.73 bits per heavy atom. The molecule has 118 valence electrons. The smallest absolute Gasteiger partial charge is 0.305 e. The number of aliphatic carboxylic acids is 1. The number of fused-ring (bicyclic) bond motifs is 1. The van der Waals surface area contributed by atoms with E-state index >= 15 is 0 Å². The largest absolute Gasteiger partial charge is 0.481 e. The van der Waals surface area contributed by atoms with E-state index in [0.717, 1.165) is 16.5 Å². The summed E-state index contributed by atoms with van der Waals surface area (Å²) in [5.41, 5.74) is 1.79. The summed E-state index contributed by atoms with van der Waals surface area (Å²) < 4.78 is 0. The van der Waals surface area contributed by atoms with Gasteiger partial charge in [0.15, 0.2) is 0 Å². The summed E-state index contributed by atoms with van der Waals surface area (Å²) in [6.45, 7) is 3.98. The second kappa shape index (κ2) is 6.83. The van der Waals surface area contributed by atoms with E-state index < -0.39 is 5.97 Å². The molecule has 0 bridgehead atoms. The number of aromatic nitrogens is 1. The number of carbonyl (C=O) groups excluding carboxylic acids is 1. The van der Waals surface area contributed by atoms with Gasteiger partial charge in [0, 0.05) is 34.7 Å². The number of halogens is 1. The second-order valence-corrected chi connectivity index (χ2v) is 5.94. The topological polar surface area (TPSA) is 73.4 Å². The first kappa shape index (κ1) is 16.4. The van der Waals surface area contributed by atoms with Gasteiger partial charge in [-0.05, 0) is 37.6 Å². The molecule has 0 unspecified atom stereocenters. The summed E-state index contributed by atoms with van der Waals surface area (Å²) in [7, 11) is 0. The number of H-pyrrole nitrogens is 1. The minimum absolute atomic E-state index is 0.0411. The predicted molar refractivity (Wildman–Crippen MR) is 86.1 cm³/mol. The number of hydrogen-bond donors (Lipinski definition) is 2. The minimum Gasteiger partial charge on any atom is -0.481 e. The highest BCUT2D eigenvalue weighted by molar-refractivity contribution is 6.31. The normalized spacial score (nSPS) is 11.1. The fourth-order valence-corrected chi connectivity index (χ4v) is 2.62. The average molecular weight is 323 g/mol. The first-order chi connectivity index (χ1) is 10.4. The quantitative estimate of drug-likeness (QED) is 0.858. The lowest BCUT2D eigenvalue weighted by molar-refractivity contribution is -0.139. The zero-order valence-electron chi connectivity index (χ0n) is 12.6. The van der Waals surface area contributed by atoms with Crippen LogP contribution in [0.4, 0.5) is 0 Å². The summed E-state index contributed by atoms with van der Waals surface area (Å²) in [6.07, 6.45) is 1.97. The Hall–Kier alpha value is -2.01. The molecule has 1 heterocycles. The molecule has 0 aliphatic rings. The zero-order valence-corrected chi connectivity index (χ0v) is 13.4. The van der Waals surface area contributed by atoms with Crippen molar-refractivity contribution < 1.29 is 14.7 Å². The van der Waals surface area contributed by atoms with Crippen molar-refractivity contribution in [1.29, 1.82) is 0 Å². The standard InChI is InChI=1S/C16H19ClN2O3/c1-10(2)19(6-5-16(21)22)15(20)7-11-9-18-14-4-3-12(17)8-13(11)14/h3-4,8-10,18H,5-7H2,1-2H3,(H,21,22). The molecule has 5 nitrogen and oxygen atoms in total. The van der Waals surface area contributed by atoms with Gasteiger partial charge in [-0.3, -0.25) is 9.59 Å². The molecule has 0 aliphatic heterocycles. The molecule has 0 saturated carbocycles. The van der Waals surface area contributed by atoms with Gasteiger partial charge in [0.25, 0.3) is 0 Å². The van der Waals surface area contributed by atoms with Crippen molar-refractivity contribution in [2.24, 2.45) is 0 Å². The maximum Gasteiger partial charge on any atom is 0.305 e. The number of hydrogen-bond acceptors (Lipinski definition) is 2. The van der Waals surface area contributed by atoms with Crippen molar-refractivity contribution in [3.8, 4) is 0 Å². The van der Waals surface area contributed by atoms with Gasteiger partial charge in [-0.2, -0.15) is 0 Å². The van der Waals surface area contributed by atoms with E-state index in [-0.39, 0.29) is 31.3 Å². The third-order valence-corrected chi connectivity index (χ3v) is 3.82. The van der Waals surface area contributed by atoms with Crippen molar-refractivity contribution in [2.75, 3.05) is 6.54 Å². The number of nitrogens with one attached hydrogen (secondary N) is 1. The highest BCUT2D eigenvalue weighted by atomic mass is 35.5. The number of carbonyl (C=O) groups is 2. The lowest BCUT2D eigenvalue weighted by Crippen LogP contribution is -2.39. The summed E-state index contributed by atoms with van der Waals surface area (Å²) in [5.74, 6) is -0.991. The van der Waals surface area contributed by atoms with E-state index in [9.17, 15) is 9.59 Å². The summed E-state index contributed by atoms with van der Waals surface area (Å²) in [6, 6.07) is 5.45. The lowest BCUT2D eigenvalue weighted by Gasteiger charge is -2.26. The van der Waals surface area contributed by atoms with E-state index in [4.69, 9.17) is 16.7 Å². The van der Waals surface area contributed by atoms with E-state index in [1.54, 1.807) is 17.2 Å². The molecule has 1 amide bonds. The van der Waals surface area contributed by atoms with Gasteiger partial charge >= 0.3 is 5.97 Å². The van der Waals surface area contributed by atoms with Crippen molar-refractivity contribution in [3.63, 3.8) is 0 Å². The third kappa shape index (κ3) is 3.80. The maximum atomic E-state index is 12.5. The number of rotatable bonds is 6. The van der Waals surface area contributed by atoms with Crippen molar-refractivity contribution in [1.82, 2.24) is 9.88 Å². The van der Waals surface area contributed by atoms with Crippen LogP contribution < -0.4 is 0 Å². The number of benzene rings is 1. The molecule has 0 saturated heterocycles. The van der Waals surface area contributed by atoms with Gasteiger partial charge < -0.3 is 15.0 Å². The van der Waals surface area contributed by atoms with Crippen LogP contribution in [0.1, 0.15) is 25.8 Å². The Labute approximate surface area is 133 Å². The molecule has 6 heteroatoms. The van der Waals surface area contributed by atoms with Crippen LogP contribution in [0.5, 0.6) is 0 Å². The van der Waals surface area contributed by atoms with E-state index in [1.807, 2.05) is 26.0 Å². The third-order valence-electron chi connectivity index (χ3n) is 3.58. The number of amides is 1. The average Bonchev–Trinajstić information content (AvgIpc) is 2.80. The summed E-state index contributed by atoms with van der Waals surface area (Å²) in [5, 5.41) is 10.3. The van der Waals surface area contributed by atoms with Gasteiger partial charge in [0.05, 0.1) is 12.8 Å². The van der Waals surface area contributed by atoms with Gasteiger partial charge in [0.2, 0.25) is 5.91 Å². The molecule has 22 heavy (non-hydrogen) atoms. The number of aromatic amines is 1. The van der Waals surface area contributed by atoms with Crippen LogP contribution in [-0.2, 0) is 16.0 Å². The molecule has 2 N–H and O–H groups in total. The fraction of sp³-hybridized carbons (Fsp3) is 0.375. The van der Waals surface area contributed by atoms with E-state index in [2.05, 4.69) is 4.98 Å². The lowest BCUT2D eigenvalue weighted by atomic mass is 10.1. The molecule has 0 atom stereocenters. The monoisotopic (exact) mass is 322 g/mol. The number of nitrogens with zero attached hydrogens (tertiary/aromatic N) is 1. The first-order valence-electron chi connectivity index (χ1n) is 7.15. The molecule has 1 aromatic carbocycles. The fourth-order valence-electron chi connectivity index (χ4n) is 2.45. The molecule has 2 rings (SSSR count). The van der Waals surface area contributed by atoms with Crippen molar-refractivity contribution in [3.05, 3.63) is 35.0 Å². The maximum absolute atomic E-state index is 12.5. The molecule has 2 aromatic rings. The van der Waals surface area contributed by atoms with Crippen LogP contribution in [0.3, 0.4) is 0 Å². The van der Waals surface area contributed by atoms with Gasteiger partial charge in [-0.1, -0.05) is 11.6 Å². The van der Waals surface area contributed by atoms with Crippen molar-refractivity contribution in [2.45, 2.75) is 32.7 Å². The zero-order chi connectivity index (χ0) is 16.3. The van der Waals surface area contributed by atoms with E-state index in [1.165, 1.54) is 0 Å². The molecule has 0 radical (unpaired) electrons. The van der Waals surface area contributed by atoms with Gasteiger partial charge in [0.1, 0.15) is 0 Å². The van der Waals surface area contributed by atoms with E-state index in [0.29, 0.717) is 5.02 Å². The van der Waals surface area contributed by atoms with Crippen LogP contribution >= 0.6 is 11.6 Å².